The Morgan fingerprint density at radius 1 is 0.778 bits per heavy atom. The molecule has 244 valence electrons. The number of hydrogen-bond donors (Lipinski definition) is 4. The maximum absolute atomic E-state index is 10.9. The minimum Gasteiger partial charge on any atom is -0.393 e. The maximum Gasteiger partial charge on any atom is 0.163 e. The van der Waals surface area contributed by atoms with Gasteiger partial charge in [0.2, 0.25) is 0 Å². The van der Waals surface area contributed by atoms with E-state index in [1.165, 1.54) is 0 Å². The van der Waals surface area contributed by atoms with Crippen molar-refractivity contribution in [3.05, 3.63) is 100 Å². The average molecular weight is 615 g/mol. The Hall–Kier alpha value is -2.94. The molecule has 3 fully saturated rings. The van der Waals surface area contributed by atoms with Gasteiger partial charge >= 0.3 is 0 Å². The Bertz CT molecular complexity index is 1430. The van der Waals surface area contributed by atoms with Crippen molar-refractivity contribution in [1.29, 1.82) is 0 Å². The van der Waals surface area contributed by atoms with Crippen LogP contribution >= 0.6 is 0 Å². The highest BCUT2D eigenvalue weighted by molar-refractivity contribution is 5.44. The number of rotatable bonds is 8. The predicted octanol–water partition coefficient (Wildman–Crippen LogP) is 7.14. The second-order valence-corrected chi connectivity index (χ2v) is 14.8. The van der Waals surface area contributed by atoms with Crippen LogP contribution < -0.4 is 0 Å². The monoisotopic (exact) mass is 614 g/mol. The zero-order valence-electron chi connectivity index (χ0n) is 28.7. The highest BCUT2D eigenvalue weighted by Gasteiger charge is 2.75. The fraction of sp³-hybridized carbons (Fsp3) is 0.525. The van der Waals surface area contributed by atoms with E-state index in [-0.39, 0.29) is 23.5 Å². The van der Waals surface area contributed by atoms with Crippen molar-refractivity contribution in [2.75, 3.05) is 6.61 Å². The fourth-order valence-corrected chi connectivity index (χ4v) is 7.07. The van der Waals surface area contributed by atoms with Crippen LogP contribution in [0.3, 0.4) is 0 Å². The second-order valence-electron chi connectivity index (χ2n) is 14.8. The number of ether oxygens (including phenoxy) is 1. The Morgan fingerprint density at radius 3 is 1.89 bits per heavy atom. The Balaban J connectivity index is 1.57. The third kappa shape index (κ3) is 9.08. The number of aliphatic hydroxyl groups is 4. The van der Waals surface area contributed by atoms with Crippen molar-refractivity contribution < 1.29 is 25.2 Å². The van der Waals surface area contributed by atoms with Crippen molar-refractivity contribution in [2.24, 2.45) is 10.8 Å². The summed E-state index contributed by atoms with van der Waals surface area (Å²) >= 11 is 0. The van der Waals surface area contributed by atoms with Crippen molar-refractivity contribution in [1.82, 2.24) is 0 Å². The van der Waals surface area contributed by atoms with Crippen LogP contribution in [0.4, 0.5) is 0 Å². The second kappa shape index (κ2) is 14.2. The summed E-state index contributed by atoms with van der Waals surface area (Å²) < 4.78 is 6.12. The van der Waals surface area contributed by atoms with Crippen LogP contribution in [0, 0.1) is 22.7 Å². The Morgan fingerprint density at radius 2 is 1.33 bits per heavy atom. The van der Waals surface area contributed by atoms with Gasteiger partial charge in [0.25, 0.3) is 0 Å². The molecule has 4 N–H and O–H groups in total. The minimum absolute atomic E-state index is 0.151. The van der Waals surface area contributed by atoms with Crippen molar-refractivity contribution in [2.45, 2.75) is 117 Å². The molecule has 3 aliphatic rings. The molecular formula is C40H54O5. The van der Waals surface area contributed by atoms with Crippen LogP contribution in [-0.2, 0) is 4.74 Å². The zero-order chi connectivity index (χ0) is 33.7. The normalized spacial score (nSPS) is 33.7. The quantitative estimate of drug-likeness (QED) is 0.101. The molecule has 0 aromatic rings. The molecule has 0 amide bonds. The Labute approximate surface area is 271 Å². The van der Waals surface area contributed by atoms with Gasteiger partial charge in [-0.2, -0.15) is 0 Å². The molecule has 3 rings (SSSR count). The molecule has 0 spiro atoms. The SMILES string of the molecule is C\C(C=C=C1C(C)(C)C[C@H](O)C[C@@]1(C)O)=C/C=C/C(C)=C/C=C/C=C(C)/C=C/C=C(/C#C[C@@]12O[C@]1(C)C[C@@H](O)CC2(C)C)CO. The summed E-state index contributed by atoms with van der Waals surface area (Å²) in [5.41, 5.74) is 5.26. The average Bonchev–Trinajstić information content (AvgIpc) is 3.52. The molecule has 5 nitrogen and oxygen atoms in total. The first-order chi connectivity index (χ1) is 20.9. The highest BCUT2D eigenvalue weighted by Crippen LogP contribution is 2.64. The fourth-order valence-electron chi connectivity index (χ4n) is 7.07. The third-order valence-electron chi connectivity index (χ3n) is 9.22. The summed E-state index contributed by atoms with van der Waals surface area (Å²) in [6.07, 6.45) is 23.0. The van der Waals surface area contributed by atoms with Gasteiger partial charge in [0.1, 0.15) is 5.60 Å². The summed E-state index contributed by atoms with van der Waals surface area (Å²) in [7, 11) is 0. The molecule has 0 radical (unpaired) electrons. The predicted molar refractivity (Wildman–Crippen MR) is 184 cm³/mol. The molecule has 2 aliphatic carbocycles. The summed E-state index contributed by atoms with van der Waals surface area (Å²) in [4.78, 5) is 0. The first kappa shape index (κ1) is 36.5. The zero-order valence-corrected chi connectivity index (χ0v) is 28.7. The van der Waals surface area contributed by atoms with E-state index in [1.54, 1.807) is 6.92 Å². The molecule has 0 unspecified atom stereocenters. The Kier molecular flexibility index (Phi) is 11.5. The van der Waals surface area contributed by atoms with Crippen LogP contribution in [-0.4, -0.2) is 56.0 Å². The van der Waals surface area contributed by atoms with Crippen molar-refractivity contribution in [3.8, 4) is 11.8 Å². The van der Waals surface area contributed by atoms with E-state index in [4.69, 9.17) is 4.74 Å². The van der Waals surface area contributed by atoms with Gasteiger partial charge in [-0.25, -0.2) is 0 Å². The van der Waals surface area contributed by atoms with E-state index in [1.807, 2.05) is 108 Å². The van der Waals surface area contributed by atoms with Gasteiger partial charge in [0.05, 0.1) is 24.4 Å². The van der Waals surface area contributed by atoms with Crippen LogP contribution in [0.25, 0.3) is 0 Å². The largest absolute Gasteiger partial charge is 0.393 e. The molecule has 5 atom stereocenters. The molecule has 45 heavy (non-hydrogen) atoms. The van der Waals surface area contributed by atoms with E-state index in [0.29, 0.717) is 31.3 Å². The molecule has 1 saturated heterocycles. The topological polar surface area (TPSA) is 93.5 Å². The maximum atomic E-state index is 10.9. The smallest absolute Gasteiger partial charge is 0.163 e. The van der Waals surface area contributed by atoms with E-state index in [0.717, 1.165) is 22.3 Å². The summed E-state index contributed by atoms with van der Waals surface area (Å²) in [5.74, 6) is 6.44. The van der Waals surface area contributed by atoms with Crippen LogP contribution in [0.5, 0.6) is 0 Å². The number of fused-ring (bicyclic) bond motifs is 1. The van der Waals surface area contributed by atoms with Crippen LogP contribution in [0.1, 0.15) is 88.0 Å². The molecule has 0 aromatic heterocycles. The number of epoxide rings is 1. The van der Waals surface area contributed by atoms with E-state index >= 15 is 0 Å². The van der Waals surface area contributed by atoms with Gasteiger partial charge in [-0.05, 0) is 70.6 Å². The van der Waals surface area contributed by atoms with Gasteiger partial charge < -0.3 is 25.2 Å². The molecule has 0 aromatic carbocycles. The first-order valence-corrected chi connectivity index (χ1v) is 16.0. The minimum atomic E-state index is -1.07. The van der Waals surface area contributed by atoms with Gasteiger partial charge in [-0.3, -0.25) is 0 Å². The van der Waals surface area contributed by atoms with Gasteiger partial charge in [0.15, 0.2) is 5.60 Å². The first-order valence-electron chi connectivity index (χ1n) is 16.0. The van der Waals surface area contributed by atoms with Gasteiger partial charge in [0, 0.05) is 29.4 Å². The van der Waals surface area contributed by atoms with E-state index in [2.05, 4.69) is 31.4 Å². The van der Waals surface area contributed by atoms with Gasteiger partial charge in [-0.1, -0.05) is 105 Å². The lowest BCUT2D eigenvalue weighted by atomic mass is 9.63. The van der Waals surface area contributed by atoms with Crippen LogP contribution in [0.15, 0.2) is 100 Å². The number of allylic oxidation sites excluding steroid dienone is 13. The van der Waals surface area contributed by atoms with Crippen LogP contribution in [0.2, 0.25) is 0 Å². The van der Waals surface area contributed by atoms with E-state index in [9.17, 15) is 20.4 Å². The number of hydrogen-bond acceptors (Lipinski definition) is 5. The summed E-state index contributed by atoms with van der Waals surface area (Å²) in [6.45, 7) is 17.9. The molecule has 5 heteroatoms. The van der Waals surface area contributed by atoms with Crippen molar-refractivity contribution in [3.63, 3.8) is 0 Å². The molecule has 1 heterocycles. The number of aliphatic hydroxyl groups excluding tert-OH is 3. The molecule has 0 bridgehead atoms. The summed E-state index contributed by atoms with van der Waals surface area (Å²) in [5, 5.41) is 41.1. The third-order valence-corrected chi connectivity index (χ3v) is 9.22. The lowest BCUT2D eigenvalue weighted by Gasteiger charge is -2.43. The lowest BCUT2D eigenvalue weighted by Crippen LogP contribution is -2.46. The van der Waals surface area contributed by atoms with Gasteiger partial charge in [-0.15, -0.1) is 5.73 Å². The molecular weight excluding hydrogens is 560 g/mol. The lowest BCUT2D eigenvalue weighted by molar-refractivity contribution is -0.0268. The van der Waals surface area contributed by atoms with Crippen molar-refractivity contribution >= 4 is 0 Å². The highest BCUT2D eigenvalue weighted by atomic mass is 16.6. The van der Waals surface area contributed by atoms with E-state index < -0.39 is 22.9 Å². The summed E-state index contributed by atoms with van der Waals surface area (Å²) in [6, 6.07) is 0. The molecule has 1 aliphatic heterocycles. The standard InChI is InChI=1S/C40H54O5/c1-29(16-12-17-31(3)20-21-35-36(4,5)24-33(42)26-38(35,8)44)14-10-11-15-30(2)18-13-19-32(28-41)22-23-40-37(6,7)25-34(43)27-39(40,9)45-40/h10-20,33-34,41-44H,24-28H2,1-9H3/b11-10+,16-12+,18-13+,29-14+,30-15+,31-17+,32-19-/t21?,33-,34-,38+,39+,40-/m0/s1. The molecule has 2 saturated carbocycles.